The van der Waals surface area contributed by atoms with E-state index in [-0.39, 0.29) is 5.97 Å². The molecule has 1 aromatic heterocycles. The van der Waals surface area contributed by atoms with Gasteiger partial charge in [-0.15, -0.1) is 11.3 Å². The highest BCUT2D eigenvalue weighted by Gasteiger charge is 2.24. The quantitative estimate of drug-likeness (QED) is 0.425. The molecule has 2 aromatic rings. The number of benzene rings is 1. The van der Waals surface area contributed by atoms with Gasteiger partial charge in [0.25, 0.3) is 0 Å². The minimum Gasteiger partial charge on any atom is -0.465 e. The smallest absolute Gasteiger partial charge is 0.337 e. The van der Waals surface area contributed by atoms with Crippen molar-refractivity contribution >= 4 is 23.3 Å². The fraction of sp³-hybridized carbons (Fsp3) is 0.429. The molecule has 150 valence electrons. The van der Waals surface area contributed by atoms with Crippen LogP contribution in [0, 0.1) is 0 Å². The van der Waals surface area contributed by atoms with Crippen molar-refractivity contribution in [3.63, 3.8) is 0 Å². The lowest BCUT2D eigenvalue weighted by atomic mass is 10.1. The molecule has 0 radical (unpaired) electrons. The van der Waals surface area contributed by atoms with Crippen LogP contribution in [0.2, 0.25) is 0 Å². The molecule has 1 aliphatic rings. The molecule has 1 fully saturated rings. The first kappa shape index (κ1) is 20.4. The van der Waals surface area contributed by atoms with Gasteiger partial charge in [-0.3, -0.25) is 9.89 Å². The van der Waals surface area contributed by atoms with Gasteiger partial charge in [-0.25, -0.2) is 4.79 Å². The number of thiophene rings is 1. The van der Waals surface area contributed by atoms with Crippen molar-refractivity contribution in [1.82, 2.24) is 15.5 Å². The maximum Gasteiger partial charge on any atom is 0.337 e. The Kier molecular flexibility index (Phi) is 7.45. The topological polar surface area (TPSA) is 66.0 Å². The van der Waals surface area contributed by atoms with E-state index in [4.69, 9.17) is 4.74 Å². The summed E-state index contributed by atoms with van der Waals surface area (Å²) in [6.07, 6.45) is 2.55. The van der Waals surface area contributed by atoms with Crippen LogP contribution in [-0.4, -0.2) is 50.6 Å². The normalized spacial score (nSPS) is 16.0. The number of guanidine groups is 1. The second-order valence-corrected chi connectivity index (χ2v) is 7.75. The van der Waals surface area contributed by atoms with Crippen LogP contribution in [0.4, 0.5) is 0 Å². The maximum absolute atomic E-state index is 11.5. The number of aliphatic imine (C=N–C) groups is 1. The van der Waals surface area contributed by atoms with Crippen LogP contribution < -0.4 is 10.6 Å². The largest absolute Gasteiger partial charge is 0.465 e. The summed E-state index contributed by atoms with van der Waals surface area (Å²) in [6, 6.07) is 12.1. The second-order valence-electron chi connectivity index (χ2n) is 6.77. The summed E-state index contributed by atoms with van der Waals surface area (Å²) in [4.78, 5) is 19.8. The number of methoxy groups -OCH3 is 1. The zero-order chi connectivity index (χ0) is 19.8. The van der Waals surface area contributed by atoms with Crippen LogP contribution >= 0.6 is 11.3 Å². The fourth-order valence-corrected chi connectivity index (χ4v) is 4.28. The maximum atomic E-state index is 11.5. The Morgan fingerprint density at radius 1 is 1.21 bits per heavy atom. The van der Waals surface area contributed by atoms with E-state index in [1.165, 1.54) is 24.8 Å². The fourth-order valence-electron chi connectivity index (χ4n) is 3.42. The molecule has 1 aromatic carbocycles. The van der Waals surface area contributed by atoms with E-state index in [1.54, 1.807) is 19.2 Å². The Labute approximate surface area is 170 Å². The van der Waals surface area contributed by atoms with E-state index in [0.717, 1.165) is 31.2 Å². The zero-order valence-corrected chi connectivity index (χ0v) is 17.3. The predicted octanol–water partition coefficient (Wildman–Crippen LogP) is 3.04. The highest BCUT2D eigenvalue weighted by atomic mass is 32.1. The molecule has 0 amide bonds. The van der Waals surface area contributed by atoms with E-state index in [0.29, 0.717) is 18.2 Å². The zero-order valence-electron chi connectivity index (χ0n) is 16.5. The minimum absolute atomic E-state index is 0.321. The van der Waals surface area contributed by atoms with Crippen LogP contribution in [0.5, 0.6) is 0 Å². The van der Waals surface area contributed by atoms with E-state index in [9.17, 15) is 4.79 Å². The molecular formula is C21H28N4O2S. The van der Waals surface area contributed by atoms with E-state index < -0.39 is 0 Å². The lowest BCUT2D eigenvalue weighted by molar-refractivity contribution is 0.0600. The summed E-state index contributed by atoms with van der Waals surface area (Å²) in [5.41, 5.74) is 1.63. The number of rotatable bonds is 7. The van der Waals surface area contributed by atoms with Crippen molar-refractivity contribution in [3.8, 4) is 0 Å². The summed E-state index contributed by atoms with van der Waals surface area (Å²) in [5, 5.41) is 8.96. The predicted molar refractivity (Wildman–Crippen MR) is 114 cm³/mol. The minimum atomic E-state index is -0.321. The Balaban J connectivity index is 1.54. The van der Waals surface area contributed by atoms with Crippen molar-refractivity contribution < 1.29 is 9.53 Å². The molecule has 3 rings (SSSR count). The molecular weight excluding hydrogens is 372 g/mol. The summed E-state index contributed by atoms with van der Waals surface area (Å²) >= 11 is 1.81. The highest BCUT2D eigenvalue weighted by Crippen LogP contribution is 2.27. The third-order valence-corrected chi connectivity index (χ3v) is 5.95. The SMILES string of the molecule is CN=C(NCc1ccc(C(=O)OC)cc1)NCC(c1cccs1)N1CCCC1. The molecule has 0 spiro atoms. The van der Waals surface area contributed by atoms with Gasteiger partial charge in [0.2, 0.25) is 0 Å². The van der Waals surface area contributed by atoms with Gasteiger partial charge in [-0.05, 0) is 55.1 Å². The summed E-state index contributed by atoms with van der Waals surface area (Å²) in [7, 11) is 3.17. The molecule has 1 atom stereocenters. The summed E-state index contributed by atoms with van der Waals surface area (Å²) < 4.78 is 4.73. The number of hydrogen-bond donors (Lipinski definition) is 2. The number of nitrogens with one attached hydrogen (secondary N) is 2. The van der Waals surface area contributed by atoms with E-state index >= 15 is 0 Å². The molecule has 1 unspecified atom stereocenters. The first-order chi connectivity index (χ1) is 13.7. The van der Waals surface area contributed by atoms with Crippen LogP contribution in [0.1, 0.15) is 39.7 Å². The highest BCUT2D eigenvalue weighted by molar-refractivity contribution is 7.10. The van der Waals surface area contributed by atoms with Crippen LogP contribution in [0.15, 0.2) is 46.8 Å². The molecule has 6 nitrogen and oxygen atoms in total. The Morgan fingerprint density at radius 3 is 2.57 bits per heavy atom. The van der Waals surface area contributed by atoms with Gasteiger partial charge in [-0.1, -0.05) is 18.2 Å². The molecule has 28 heavy (non-hydrogen) atoms. The van der Waals surface area contributed by atoms with Crippen molar-refractivity contribution in [2.45, 2.75) is 25.4 Å². The molecule has 0 saturated carbocycles. The van der Waals surface area contributed by atoms with Crippen molar-refractivity contribution in [2.24, 2.45) is 4.99 Å². The summed E-state index contributed by atoms with van der Waals surface area (Å²) in [6.45, 7) is 3.77. The van der Waals surface area contributed by atoms with Crippen molar-refractivity contribution in [2.75, 3.05) is 33.8 Å². The number of likely N-dealkylation sites (tertiary alicyclic amines) is 1. The first-order valence-corrected chi connectivity index (χ1v) is 10.5. The van der Waals surface area contributed by atoms with E-state index in [2.05, 4.69) is 38.0 Å². The Bertz CT molecular complexity index is 768. The van der Waals surface area contributed by atoms with Crippen molar-refractivity contribution in [1.29, 1.82) is 0 Å². The van der Waals surface area contributed by atoms with E-state index in [1.807, 2.05) is 23.5 Å². The number of esters is 1. The number of carbonyl (C=O) groups is 1. The summed E-state index contributed by atoms with van der Waals surface area (Å²) in [5.74, 6) is 0.455. The number of hydrogen-bond acceptors (Lipinski definition) is 5. The molecule has 0 bridgehead atoms. The van der Waals surface area contributed by atoms with Gasteiger partial charge in [0.15, 0.2) is 5.96 Å². The number of nitrogens with zero attached hydrogens (tertiary/aromatic N) is 2. The molecule has 7 heteroatoms. The average Bonchev–Trinajstić information content (AvgIpc) is 3.45. The van der Waals surface area contributed by atoms with Gasteiger partial charge in [-0.2, -0.15) is 0 Å². The lowest BCUT2D eigenvalue weighted by Crippen LogP contribution is -2.42. The van der Waals surface area contributed by atoms with Crippen LogP contribution in [0.25, 0.3) is 0 Å². The third-order valence-electron chi connectivity index (χ3n) is 4.97. The van der Waals surface area contributed by atoms with Crippen LogP contribution in [-0.2, 0) is 11.3 Å². The molecule has 1 saturated heterocycles. The Morgan fingerprint density at radius 2 is 1.96 bits per heavy atom. The van der Waals surface area contributed by atoms with Gasteiger partial charge in [0.1, 0.15) is 0 Å². The van der Waals surface area contributed by atoms with Crippen molar-refractivity contribution in [3.05, 3.63) is 57.8 Å². The first-order valence-electron chi connectivity index (χ1n) is 9.60. The average molecular weight is 401 g/mol. The Hall–Kier alpha value is -2.38. The second kappa shape index (κ2) is 10.2. The van der Waals surface area contributed by atoms with Crippen LogP contribution in [0.3, 0.4) is 0 Å². The van der Waals surface area contributed by atoms with Gasteiger partial charge >= 0.3 is 5.97 Å². The van der Waals surface area contributed by atoms with Gasteiger partial charge in [0.05, 0.1) is 18.7 Å². The lowest BCUT2D eigenvalue weighted by Gasteiger charge is -2.27. The van der Waals surface area contributed by atoms with Gasteiger partial charge in [0, 0.05) is 25.0 Å². The standard InChI is InChI=1S/C21H28N4O2S/c1-22-21(23-14-16-7-9-17(10-8-16)20(26)27-2)24-15-18(19-6-5-13-28-19)25-11-3-4-12-25/h5-10,13,18H,3-4,11-12,14-15H2,1-2H3,(H2,22,23,24). The third kappa shape index (κ3) is 5.33. The monoisotopic (exact) mass is 400 g/mol. The molecule has 1 aliphatic heterocycles. The number of carbonyl (C=O) groups excluding carboxylic acids is 1. The molecule has 2 N–H and O–H groups in total. The molecule has 0 aliphatic carbocycles. The number of ether oxygens (including phenoxy) is 1. The van der Waals surface area contributed by atoms with Gasteiger partial charge < -0.3 is 15.4 Å². The molecule has 2 heterocycles.